The monoisotopic (exact) mass is 332 g/mol. The molecule has 2 aromatic heterocycles. The largest absolute Gasteiger partial charge is 0.497 e. The van der Waals surface area contributed by atoms with Crippen molar-refractivity contribution in [1.29, 1.82) is 0 Å². The van der Waals surface area contributed by atoms with Crippen molar-refractivity contribution in [2.24, 2.45) is 0 Å². The lowest BCUT2D eigenvalue weighted by Gasteiger charge is -2.04. The molecule has 0 aliphatic heterocycles. The number of imidazole rings is 1. The minimum Gasteiger partial charge on any atom is -0.497 e. The molecule has 4 rings (SSSR count). The molecule has 24 heavy (non-hydrogen) atoms. The summed E-state index contributed by atoms with van der Waals surface area (Å²) in [4.78, 5) is 7.00. The second-order valence-corrected chi connectivity index (χ2v) is 6.55. The maximum Gasteiger partial charge on any atom is 0.137 e. The van der Waals surface area contributed by atoms with E-state index in [0.29, 0.717) is 0 Å². The molecule has 0 saturated heterocycles. The van der Waals surface area contributed by atoms with Crippen molar-refractivity contribution >= 4 is 17.4 Å². The third-order valence-electron chi connectivity index (χ3n) is 3.77. The van der Waals surface area contributed by atoms with E-state index in [1.807, 2.05) is 36.4 Å². The van der Waals surface area contributed by atoms with E-state index in [0.717, 1.165) is 32.4 Å². The minimum absolute atomic E-state index is 0.870. The van der Waals surface area contributed by atoms with Crippen molar-refractivity contribution in [3.63, 3.8) is 0 Å². The van der Waals surface area contributed by atoms with E-state index in [2.05, 4.69) is 47.1 Å². The molecule has 0 atom stereocenters. The molecule has 2 heterocycles. The molecule has 0 radical (unpaired) electrons. The zero-order valence-corrected chi connectivity index (χ0v) is 14.0. The van der Waals surface area contributed by atoms with Crippen LogP contribution in [0.3, 0.4) is 0 Å². The Balaban J connectivity index is 1.65. The highest BCUT2D eigenvalue weighted by molar-refractivity contribution is 7.99. The molecule has 4 heteroatoms. The van der Waals surface area contributed by atoms with E-state index in [1.54, 1.807) is 18.9 Å². The Bertz CT molecular complexity index is 979. The highest BCUT2D eigenvalue weighted by Gasteiger charge is 2.06. The Hall–Kier alpha value is -2.72. The highest BCUT2D eigenvalue weighted by Crippen LogP contribution is 2.30. The number of nitrogens with zero attached hydrogens (tertiary/aromatic N) is 2. The molecule has 0 unspecified atom stereocenters. The van der Waals surface area contributed by atoms with Gasteiger partial charge in [0, 0.05) is 27.7 Å². The fraction of sp³-hybridized carbons (Fsp3) is 0.0500. The van der Waals surface area contributed by atoms with Gasteiger partial charge in [0.05, 0.1) is 12.8 Å². The van der Waals surface area contributed by atoms with Crippen molar-refractivity contribution in [2.75, 3.05) is 7.11 Å². The molecular formula is C20H16N2OS. The summed E-state index contributed by atoms with van der Waals surface area (Å²) in [5.74, 6) is 0.870. The zero-order valence-electron chi connectivity index (χ0n) is 13.2. The summed E-state index contributed by atoms with van der Waals surface area (Å²) in [6, 6.07) is 22.5. The predicted molar refractivity (Wildman–Crippen MR) is 97.7 cm³/mol. The number of hydrogen-bond acceptors (Lipinski definition) is 3. The summed E-state index contributed by atoms with van der Waals surface area (Å²) < 4.78 is 7.36. The fourth-order valence-electron chi connectivity index (χ4n) is 2.58. The zero-order chi connectivity index (χ0) is 16.4. The fourth-order valence-corrected chi connectivity index (χ4v) is 3.48. The quantitative estimate of drug-likeness (QED) is 0.516. The van der Waals surface area contributed by atoms with Crippen LogP contribution in [0.15, 0.2) is 88.9 Å². The van der Waals surface area contributed by atoms with Gasteiger partial charge in [-0.2, -0.15) is 0 Å². The molecule has 3 nitrogen and oxygen atoms in total. The lowest BCUT2D eigenvalue weighted by molar-refractivity contribution is 0.413. The molecule has 0 aliphatic carbocycles. The van der Waals surface area contributed by atoms with Crippen molar-refractivity contribution in [3.05, 3.63) is 79.1 Å². The lowest BCUT2D eigenvalue weighted by atomic mass is 10.2. The SMILES string of the molecule is COc1cccc(Sc2ccc3nc(-c4ccccc4)cn3c2)c1. The molecule has 0 spiro atoms. The smallest absolute Gasteiger partial charge is 0.137 e. The Morgan fingerprint density at radius 2 is 1.75 bits per heavy atom. The van der Waals surface area contributed by atoms with Crippen LogP contribution in [0.25, 0.3) is 16.9 Å². The Kier molecular flexibility index (Phi) is 3.97. The molecule has 4 aromatic rings. The maximum absolute atomic E-state index is 5.29. The number of aromatic nitrogens is 2. The molecule has 118 valence electrons. The summed E-state index contributed by atoms with van der Waals surface area (Å²) in [6.07, 6.45) is 4.18. The first-order valence-corrected chi connectivity index (χ1v) is 8.49. The van der Waals surface area contributed by atoms with Gasteiger partial charge in [-0.3, -0.25) is 0 Å². The van der Waals surface area contributed by atoms with Gasteiger partial charge in [-0.25, -0.2) is 4.98 Å². The first-order valence-electron chi connectivity index (χ1n) is 7.68. The van der Waals surface area contributed by atoms with Crippen molar-refractivity contribution in [1.82, 2.24) is 9.38 Å². The van der Waals surface area contributed by atoms with E-state index < -0.39 is 0 Å². The first-order chi connectivity index (χ1) is 11.8. The first kappa shape index (κ1) is 14.8. The maximum atomic E-state index is 5.29. The Labute approximate surface area is 144 Å². The minimum atomic E-state index is 0.870. The highest BCUT2D eigenvalue weighted by atomic mass is 32.2. The van der Waals surface area contributed by atoms with E-state index in [4.69, 9.17) is 9.72 Å². The summed E-state index contributed by atoms with van der Waals surface area (Å²) in [5.41, 5.74) is 3.06. The summed E-state index contributed by atoms with van der Waals surface area (Å²) in [6.45, 7) is 0. The number of methoxy groups -OCH3 is 1. The van der Waals surface area contributed by atoms with Crippen LogP contribution in [0, 0.1) is 0 Å². The topological polar surface area (TPSA) is 26.5 Å². The van der Waals surface area contributed by atoms with Gasteiger partial charge in [0.1, 0.15) is 11.4 Å². The summed E-state index contributed by atoms with van der Waals surface area (Å²) >= 11 is 1.71. The second-order valence-electron chi connectivity index (χ2n) is 5.40. The van der Waals surface area contributed by atoms with Crippen LogP contribution in [-0.2, 0) is 0 Å². The van der Waals surface area contributed by atoms with Gasteiger partial charge in [0.15, 0.2) is 0 Å². The molecular weight excluding hydrogens is 316 g/mol. The van der Waals surface area contributed by atoms with E-state index in [9.17, 15) is 0 Å². The van der Waals surface area contributed by atoms with Crippen LogP contribution in [0.1, 0.15) is 0 Å². The van der Waals surface area contributed by atoms with E-state index >= 15 is 0 Å². The number of benzene rings is 2. The number of ether oxygens (including phenoxy) is 1. The third kappa shape index (κ3) is 3.01. The van der Waals surface area contributed by atoms with E-state index in [1.165, 1.54) is 0 Å². The van der Waals surface area contributed by atoms with Gasteiger partial charge < -0.3 is 9.14 Å². The summed E-state index contributed by atoms with van der Waals surface area (Å²) in [7, 11) is 1.69. The third-order valence-corrected chi connectivity index (χ3v) is 4.74. The molecule has 2 aromatic carbocycles. The normalized spacial score (nSPS) is 10.9. The molecule has 0 amide bonds. The van der Waals surface area contributed by atoms with Crippen LogP contribution in [-0.4, -0.2) is 16.5 Å². The van der Waals surface area contributed by atoms with E-state index in [-0.39, 0.29) is 0 Å². The van der Waals surface area contributed by atoms with Gasteiger partial charge in [-0.15, -0.1) is 0 Å². The second kappa shape index (κ2) is 6.42. The Morgan fingerprint density at radius 3 is 2.58 bits per heavy atom. The van der Waals surface area contributed by atoms with Crippen LogP contribution in [0.4, 0.5) is 0 Å². The molecule has 0 saturated carbocycles. The van der Waals surface area contributed by atoms with Gasteiger partial charge >= 0.3 is 0 Å². The number of pyridine rings is 1. The van der Waals surface area contributed by atoms with Gasteiger partial charge in [-0.1, -0.05) is 48.2 Å². The number of fused-ring (bicyclic) bond motifs is 1. The summed E-state index contributed by atoms with van der Waals surface area (Å²) in [5, 5.41) is 0. The van der Waals surface area contributed by atoms with Crippen LogP contribution in [0.5, 0.6) is 5.75 Å². The standard InChI is InChI=1S/C20H16N2OS/c1-23-16-8-5-9-17(12-16)24-18-10-11-20-21-19(14-22(20)13-18)15-6-3-2-4-7-15/h2-14H,1H3. The van der Waals surface area contributed by atoms with Crippen molar-refractivity contribution < 1.29 is 4.74 Å². The van der Waals surface area contributed by atoms with Gasteiger partial charge in [-0.05, 0) is 30.3 Å². The Morgan fingerprint density at radius 1 is 0.875 bits per heavy atom. The van der Waals surface area contributed by atoms with Crippen molar-refractivity contribution in [3.8, 4) is 17.0 Å². The van der Waals surface area contributed by atoms with Gasteiger partial charge in [0.25, 0.3) is 0 Å². The average Bonchev–Trinajstić information content (AvgIpc) is 3.06. The molecule has 0 N–H and O–H groups in total. The predicted octanol–water partition coefficient (Wildman–Crippen LogP) is 5.16. The number of hydrogen-bond donors (Lipinski definition) is 0. The molecule has 0 aliphatic rings. The van der Waals surface area contributed by atoms with Crippen LogP contribution < -0.4 is 4.74 Å². The van der Waals surface area contributed by atoms with Gasteiger partial charge in [0.2, 0.25) is 0 Å². The molecule has 0 fully saturated rings. The lowest BCUT2D eigenvalue weighted by Crippen LogP contribution is -1.85. The average molecular weight is 332 g/mol. The molecule has 0 bridgehead atoms. The van der Waals surface area contributed by atoms with Crippen LogP contribution in [0.2, 0.25) is 0 Å². The van der Waals surface area contributed by atoms with Crippen molar-refractivity contribution in [2.45, 2.75) is 9.79 Å². The number of rotatable bonds is 4. The van der Waals surface area contributed by atoms with Crippen LogP contribution >= 0.6 is 11.8 Å².